The molecule has 5 nitrogen and oxygen atoms in total. The van der Waals surface area contributed by atoms with E-state index in [9.17, 15) is 9.59 Å². The number of rotatable bonds is 2. The molecule has 2 rings (SSSR count). The third-order valence-electron chi connectivity index (χ3n) is 4.00. The van der Waals surface area contributed by atoms with Gasteiger partial charge in [0.15, 0.2) is 0 Å². The summed E-state index contributed by atoms with van der Waals surface area (Å²) in [6.45, 7) is 0.863. The van der Waals surface area contributed by atoms with Gasteiger partial charge in [-0.15, -0.1) is 0 Å². The van der Waals surface area contributed by atoms with Crippen molar-refractivity contribution in [2.45, 2.75) is 44.1 Å². The Balaban J connectivity index is 1.98. The number of hydrogen-bond acceptors (Lipinski definition) is 3. The zero-order chi connectivity index (χ0) is 12.5. The monoisotopic (exact) mass is 240 g/mol. The summed E-state index contributed by atoms with van der Waals surface area (Å²) in [6.07, 6.45) is 5.16. The van der Waals surface area contributed by atoms with E-state index in [4.69, 9.17) is 10.8 Å². The van der Waals surface area contributed by atoms with Gasteiger partial charge in [-0.3, -0.25) is 9.59 Å². The van der Waals surface area contributed by atoms with Gasteiger partial charge in [0.05, 0.1) is 11.5 Å². The van der Waals surface area contributed by atoms with Crippen molar-refractivity contribution in [1.82, 2.24) is 4.90 Å². The fourth-order valence-electron chi connectivity index (χ4n) is 2.86. The zero-order valence-corrected chi connectivity index (χ0v) is 10.0. The molecule has 1 unspecified atom stereocenters. The van der Waals surface area contributed by atoms with Crippen LogP contribution in [0.25, 0.3) is 0 Å². The van der Waals surface area contributed by atoms with E-state index < -0.39 is 17.4 Å². The minimum absolute atomic E-state index is 0.0408. The Morgan fingerprint density at radius 3 is 2.41 bits per heavy atom. The van der Waals surface area contributed by atoms with Gasteiger partial charge in [-0.1, -0.05) is 19.3 Å². The number of amides is 1. The third kappa shape index (κ3) is 2.44. The number of aliphatic carboxylic acids is 1. The van der Waals surface area contributed by atoms with E-state index in [0.29, 0.717) is 19.5 Å². The lowest BCUT2D eigenvalue weighted by Gasteiger charge is -2.35. The van der Waals surface area contributed by atoms with Crippen LogP contribution < -0.4 is 5.73 Å². The van der Waals surface area contributed by atoms with Gasteiger partial charge in [-0.2, -0.15) is 0 Å². The number of carboxylic acids is 1. The summed E-state index contributed by atoms with van der Waals surface area (Å²) >= 11 is 0. The van der Waals surface area contributed by atoms with Gasteiger partial charge < -0.3 is 15.7 Å². The van der Waals surface area contributed by atoms with Gasteiger partial charge in [-0.25, -0.2) is 0 Å². The summed E-state index contributed by atoms with van der Waals surface area (Å²) in [5.74, 6) is -1.26. The second-order valence-electron chi connectivity index (χ2n) is 5.29. The summed E-state index contributed by atoms with van der Waals surface area (Å²) in [5, 5.41) is 8.92. The predicted octanol–water partition coefficient (Wildman–Crippen LogP) is 0.581. The smallest absolute Gasteiger partial charge is 0.308 e. The molecular weight excluding hydrogens is 220 g/mol. The van der Waals surface area contributed by atoms with Crippen LogP contribution in [0.3, 0.4) is 0 Å². The quantitative estimate of drug-likeness (QED) is 0.739. The molecule has 0 radical (unpaired) electrons. The lowest BCUT2D eigenvalue weighted by molar-refractivity contribution is -0.142. The highest BCUT2D eigenvalue weighted by Gasteiger charge is 2.41. The minimum Gasteiger partial charge on any atom is -0.481 e. The van der Waals surface area contributed by atoms with Crippen molar-refractivity contribution in [2.24, 2.45) is 11.7 Å². The molecule has 0 aromatic rings. The van der Waals surface area contributed by atoms with E-state index in [1.807, 2.05) is 0 Å². The minimum atomic E-state index is -0.810. The number of carbonyl (C=O) groups is 2. The summed E-state index contributed by atoms with van der Waals surface area (Å²) < 4.78 is 0. The fraction of sp³-hybridized carbons (Fsp3) is 0.833. The molecular formula is C12H20N2O3. The van der Waals surface area contributed by atoms with Gasteiger partial charge >= 0.3 is 5.97 Å². The Hall–Kier alpha value is -1.10. The molecule has 96 valence electrons. The molecule has 5 heteroatoms. The number of nitrogens with zero attached hydrogens (tertiary/aromatic N) is 1. The molecule has 1 aliphatic carbocycles. The van der Waals surface area contributed by atoms with Crippen molar-refractivity contribution in [1.29, 1.82) is 0 Å². The van der Waals surface area contributed by atoms with Crippen LogP contribution in [0.2, 0.25) is 0 Å². The number of carboxylic acid groups (broad SMARTS) is 1. The Kier molecular flexibility index (Phi) is 3.38. The van der Waals surface area contributed by atoms with Crippen LogP contribution in [0.15, 0.2) is 0 Å². The van der Waals surface area contributed by atoms with Crippen LogP contribution in [0.4, 0.5) is 0 Å². The molecule has 2 aliphatic rings. The number of hydrogen-bond donors (Lipinski definition) is 2. The van der Waals surface area contributed by atoms with Crippen molar-refractivity contribution >= 4 is 11.9 Å². The Labute approximate surface area is 101 Å². The summed E-state index contributed by atoms with van der Waals surface area (Å²) in [7, 11) is 0. The molecule has 0 bridgehead atoms. The molecule has 1 saturated heterocycles. The first-order chi connectivity index (χ1) is 8.03. The zero-order valence-electron chi connectivity index (χ0n) is 10.0. The number of likely N-dealkylation sites (tertiary alicyclic amines) is 1. The van der Waals surface area contributed by atoms with E-state index in [1.165, 1.54) is 0 Å². The maximum atomic E-state index is 12.3. The summed E-state index contributed by atoms with van der Waals surface area (Å²) in [4.78, 5) is 24.8. The van der Waals surface area contributed by atoms with Gasteiger partial charge in [0.2, 0.25) is 5.91 Å². The molecule has 1 amide bonds. The molecule has 1 atom stereocenters. The summed E-state index contributed by atoms with van der Waals surface area (Å²) in [5.41, 5.74) is 5.43. The Morgan fingerprint density at radius 1 is 1.24 bits per heavy atom. The third-order valence-corrected chi connectivity index (χ3v) is 4.00. The lowest BCUT2D eigenvalue weighted by Crippen LogP contribution is -2.55. The Morgan fingerprint density at radius 2 is 1.88 bits per heavy atom. The molecule has 17 heavy (non-hydrogen) atoms. The SMILES string of the molecule is NC1(C(=O)N2CCC(C(=O)O)C2)CCCCC1. The average Bonchev–Trinajstić information content (AvgIpc) is 2.78. The maximum absolute atomic E-state index is 12.3. The van der Waals surface area contributed by atoms with Crippen LogP contribution in [0, 0.1) is 5.92 Å². The average molecular weight is 240 g/mol. The van der Waals surface area contributed by atoms with Crippen molar-refractivity contribution in [3.8, 4) is 0 Å². The van der Waals surface area contributed by atoms with Crippen LogP contribution in [0.1, 0.15) is 38.5 Å². The maximum Gasteiger partial charge on any atom is 0.308 e. The number of carbonyl (C=O) groups excluding carboxylic acids is 1. The molecule has 1 heterocycles. The van der Waals surface area contributed by atoms with E-state index in [0.717, 1.165) is 32.1 Å². The molecule has 3 N–H and O–H groups in total. The lowest BCUT2D eigenvalue weighted by atomic mass is 9.81. The van der Waals surface area contributed by atoms with Gasteiger partial charge in [0.1, 0.15) is 0 Å². The van der Waals surface area contributed by atoms with Crippen LogP contribution in [-0.2, 0) is 9.59 Å². The van der Waals surface area contributed by atoms with E-state index >= 15 is 0 Å². The van der Waals surface area contributed by atoms with Crippen molar-refractivity contribution < 1.29 is 14.7 Å². The molecule has 0 spiro atoms. The van der Waals surface area contributed by atoms with Crippen LogP contribution in [0.5, 0.6) is 0 Å². The van der Waals surface area contributed by atoms with Crippen molar-refractivity contribution in [3.63, 3.8) is 0 Å². The highest BCUT2D eigenvalue weighted by molar-refractivity contribution is 5.87. The predicted molar refractivity (Wildman–Crippen MR) is 62.3 cm³/mol. The molecule has 1 saturated carbocycles. The van der Waals surface area contributed by atoms with Gasteiger partial charge in [-0.05, 0) is 19.3 Å². The number of nitrogens with two attached hydrogens (primary N) is 1. The normalized spacial score (nSPS) is 28.1. The first-order valence-electron chi connectivity index (χ1n) is 6.34. The van der Waals surface area contributed by atoms with Crippen LogP contribution >= 0.6 is 0 Å². The second-order valence-corrected chi connectivity index (χ2v) is 5.29. The van der Waals surface area contributed by atoms with Crippen molar-refractivity contribution in [3.05, 3.63) is 0 Å². The van der Waals surface area contributed by atoms with Crippen molar-refractivity contribution in [2.75, 3.05) is 13.1 Å². The largest absolute Gasteiger partial charge is 0.481 e. The van der Waals surface area contributed by atoms with Gasteiger partial charge in [0.25, 0.3) is 0 Å². The highest BCUT2D eigenvalue weighted by atomic mass is 16.4. The van der Waals surface area contributed by atoms with E-state index in [2.05, 4.69) is 0 Å². The van der Waals surface area contributed by atoms with E-state index in [1.54, 1.807) is 4.90 Å². The fourth-order valence-corrected chi connectivity index (χ4v) is 2.86. The molecule has 0 aromatic carbocycles. The molecule has 2 fully saturated rings. The van der Waals surface area contributed by atoms with Crippen LogP contribution in [-0.4, -0.2) is 40.5 Å². The first kappa shape index (κ1) is 12.4. The van der Waals surface area contributed by atoms with Gasteiger partial charge in [0, 0.05) is 13.1 Å². The standard InChI is InChI=1S/C12H20N2O3/c13-12(5-2-1-3-6-12)11(17)14-7-4-9(8-14)10(15)16/h9H,1-8,13H2,(H,15,16). The second kappa shape index (κ2) is 4.64. The summed E-state index contributed by atoms with van der Waals surface area (Å²) in [6, 6.07) is 0. The Bertz CT molecular complexity index is 324. The first-order valence-corrected chi connectivity index (χ1v) is 6.34. The topological polar surface area (TPSA) is 83.6 Å². The highest BCUT2D eigenvalue weighted by Crippen LogP contribution is 2.29. The molecule has 1 aliphatic heterocycles. The van der Waals surface area contributed by atoms with E-state index in [-0.39, 0.29) is 5.91 Å². The molecule has 0 aromatic heterocycles.